The van der Waals surface area contributed by atoms with Crippen LogP contribution in [0.3, 0.4) is 0 Å². The van der Waals surface area contributed by atoms with Crippen molar-refractivity contribution >= 4 is 35.0 Å². The third-order valence-corrected chi connectivity index (χ3v) is 3.99. The number of carbonyl (C=O) groups is 2. The number of anilines is 2. The molecule has 7 nitrogen and oxygen atoms in total. The van der Waals surface area contributed by atoms with Crippen LogP contribution in [0.15, 0.2) is 54.1 Å². The lowest BCUT2D eigenvalue weighted by Gasteiger charge is -2.13. The maximum Gasteiger partial charge on any atom is 0.272 e. The van der Waals surface area contributed by atoms with Crippen LogP contribution in [0.4, 0.5) is 11.4 Å². The Hall–Kier alpha value is -3.45. The van der Waals surface area contributed by atoms with Crippen LogP contribution in [0.1, 0.15) is 27.9 Å². The highest BCUT2D eigenvalue weighted by atomic mass is 16.5. The molecule has 0 atom stereocenters. The van der Waals surface area contributed by atoms with Crippen LogP contribution in [0.25, 0.3) is 5.57 Å². The molecule has 0 aromatic heterocycles. The van der Waals surface area contributed by atoms with E-state index in [-0.39, 0.29) is 18.9 Å². The molecule has 3 rings (SSSR count). The Labute approximate surface area is 156 Å². The summed E-state index contributed by atoms with van der Waals surface area (Å²) in [6, 6.07) is 12.9. The summed E-state index contributed by atoms with van der Waals surface area (Å²) >= 11 is 0. The smallest absolute Gasteiger partial charge is 0.272 e. The second-order valence-electron chi connectivity index (χ2n) is 6.05. The molecule has 27 heavy (non-hydrogen) atoms. The largest absolute Gasteiger partial charge is 0.398 e. The number of hydrogen-bond donors (Lipinski definition) is 3. The molecule has 0 saturated carbocycles. The molecule has 2 aromatic rings. The third kappa shape index (κ3) is 4.59. The van der Waals surface area contributed by atoms with Crippen LogP contribution in [-0.4, -0.2) is 24.6 Å². The number of nitrogens with zero attached hydrogens (tertiary/aromatic N) is 1. The first kappa shape index (κ1) is 18.3. The van der Waals surface area contributed by atoms with Crippen molar-refractivity contribution in [2.45, 2.75) is 13.0 Å². The van der Waals surface area contributed by atoms with Gasteiger partial charge in [-0.2, -0.15) is 5.10 Å². The molecule has 7 heteroatoms. The molecule has 0 fully saturated rings. The number of rotatable bonds is 6. The second kappa shape index (κ2) is 8.29. The average molecular weight is 364 g/mol. The van der Waals surface area contributed by atoms with E-state index in [1.807, 2.05) is 30.3 Å². The van der Waals surface area contributed by atoms with Crippen molar-refractivity contribution in [1.29, 1.82) is 0 Å². The molecule has 0 radical (unpaired) electrons. The van der Waals surface area contributed by atoms with Crippen molar-refractivity contribution in [3.63, 3.8) is 0 Å². The highest BCUT2D eigenvalue weighted by Crippen LogP contribution is 2.29. The van der Waals surface area contributed by atoms with Crippen molar-refractivity contribution in [2.24, 2.45) is 5.10 Å². The summed E-state index contributed by atoms with van der Waals surface area (Å²) in [5, 5.41) is 6.51. The average Bonchev–Trinajstić information content (AvgIpc) is 2.79. The molecule has 4 N–H and O–H groups in total. The zero-order valence-electron chi connectivity index (χ0n) is 14.7. The van der Waals surface area contributed by atoms with Crippen molar-refractivity contribution in [3.05, 3.63) is 65.7 Å². The Morgan fingerprint density at radius 3 is 2.81 bits per heavy atom. The minimum Gasteiger partial charge on any atom is -0.398 e. The Kier molecular flexibility index (Phi) is 5.63. The topological polar surface area (TPSA) is 106 Å². The molecule has 0 aliphatic carbocycles. The van der Waals surface area contributed by atoms with Crippen LogP contribution in [0.5, 0.6) is 0 Å². The van der Waals surface area contributed by atoms with Gasteiger partial charge in [0, 0.05) is 16.9 Å². The predicted octanol–water partition coefficient (Wildman–Crippen LogP) is 2.56. The molecular formula is C20H20N4O3. The highest BCUT2D eigenvalue weighted by Gasteiger charge is 2.20. The molecule has 0 saturated heterocycles. The number of amides is 2. The Morgan fingerprint density at radius 1 is 1.26 bits per heavy atom. The lowest BCUT2D eigenvalue weighted by molar-refractivity contribution is -0.117. The van der Waals surface area contributed by atoms with Gasteiger partial charge in [0.15, 0.2) is 0 Å². The van der Waals surface area contributed by atoms with E-state index in [9.17, 15) is 9.59 Å². The van der Waals surface area contributed by atoms with Gasteiger partial charge in [0.2, 0.25) is 5.91 Å². The molecule has 138 valence electrons. The maximum atomic E-state index is 12.1. The summed E-state index contributed by atoms with van der Waals surface area (Å²) in [6.07, 6.45) is 1.62. The Morgan fingerprint density at radius 2 is 2.04 bits per heavy atom. The number of fused-ring (bicyclic) bond motifs is 1. The first-order valence-corrected chi connectivity index (χ1v) is 8.42. The summed E-state index contributed by atoms with van der Waals surface area (Å²) in [5.74, 6) is -0.639. The van der Waals surface area contributed by atoms with Crippen molar-refractivity contribution in [1.82, 2.24) is 5.43 Å². The van der Waals surface area contributed by atoms with Crippen LogP contribution in [-0.2, 0) is 16.1 Å². The van der Waals surface area contributed by atoms with E-state index in [1.54, 1.807) is 12.1 Å². The van der Waals surface area contributed by atoms with Gasteiger partial charge in [0.05, 0.1) is 31.4 Å². The lowest BCUT2D eigenvalue weighted by Crippen LogP contribution is -2.19. The van der Waals surface area contributed by atoms with Gasteiger partial charge in [0.1, 0.15) is 0 Å². The monoisotopic (exact) mass is 364 g/mol. The number of nitrogen functional groups attached to an aromatic ring is 1. The van der Waals surface area contributed by atoms with Crippen LogP contribution in [0.2, 0.25) is 0 Å². The summed E-state index contributed by atoms with van der Waals surface area (Å²) in [4.78, 5) is 24.3. The van der Waals surface area contributed by atoms with Gasteiger partial charge in [-0.25, -0.2) is 5.43 Å². The minimum absolute atomic E-state index is 0.186. The van der Waals surface area contributed by atoms with E-state index in [0.717, 1.165) is 5.56 Å². The third-order valence-electron chi connectivity index (χ3n) is 3.99. The van der Waals surface area contributed by atoms with Gasteiger partial charge in [-0.05, 0) is 23.3 Å². The standard InChI is InChI=1S/C20H20N4O3/c1-13-11-22-24-20(26)16-9-15(10-17(21)19(13)16)23-18(25)7-8-27-12-14-5-3-2-4-6-14/h2-6,9-11H,1,7-8,12,21H2,(H,23,25)(H,24,26). The van der Waals surface area contributed by atoms with Crippen LogP contribution in [0, 0.1) is 0 Å². The number of benzene rings is 2. The summed E-state index contributed by atoms with van der Waals surface area (Å²) < 4.78 is 5.51. The number of hydrogen-bond acceptors (Lipinski definition) is 5. The van der Waals surface area contributed by atoms with Crippen molar-refractivity contribution in [3.8, 4) is 0 Å². The number of allylic oxidation sites excluding steroid dienone is 1. The fourth-order valence-corrected chi connectivity index (χ4v) is 2.72. The minimum atomic E-state index is -0.408. The van der Waals surface area contributed by atoms with E-state index in [2.05, 4.69) is 22.4 Å². The van der Waals surface area contributed by atoms with E-state index < -0.39 is 5.91 Å². The number of hydrazone groups is 1. The molecule has 2 amide bonds. The molecule has 1 heterocycles. The first-order chi connectivity index (χ1) is 13.0. The number of carbonyl (C=O) groups excluding carboxylic acids is 2. The molecule has 1 aliphatic heterocycles. The number of nitrogens with one attached hydrogen (secondary N) is 2. The van der Waals surface area contributed by atoms with E-state index >= 15 is 0 Å². The fraction of sp³-hybridized carbons (Fsp3) is 0.150. The molecule has 2 aromatic carbocycles. The summed E-state index contributed by atoms with van der Waals surface area (Å²) in [5.41, 5.74) is 11.6. The van der Waals surface area contributed by atoms with E-state index in [0.29, 0.717) is 34.7 Å². The van der Waals surface area contributed by atoms with Crippen LogP contribution >= 0.6 is 0 Å². The quantitative estimate of drug-likeness (QED) is 0.541. The first-order valence-electron chi connectivity index (χ1n) is 8.42. The zero-order chi connectivity index (χ0) is 19.2. The molecular weight excluding hydrogens is 344 g/mol. The van der Waals surface area contributed by atoms with E-state index in [1.165, 1.54) is 6.21 Å². The van der Waals surface area contributed by atoms with Gasteiger partial charge in [0.25, 0.3) is 5.91 Å². The Balaban J connectivity index is 1.59. The van der Waals surface area contributed by atoms with Gasteiger partial charge >= 0.3 is 0 Å². The molecule has 0 spiro atoms. The highest BCUT2D eigenvalue weighted by molar-refractivity contribution is 6.18. The van der Waals surface area contributed by atoms with Gasteiger partial charge < -0.3 is 15.8 Å². The molecule has 0 unspecified atom stereocenters. The van der Waals surface area contributed by atoms with Crippen molar-refractivity contribution in [2.75, 3.05) is 17.7 Å². The molecule has 0 bridgehead atoms. The summed E-state index contributed by atoms with van der Waals surface area (Å²) in [7, 11) is 0. The molecule has 1 aliphatic rings. The van der Waals surface area contributed by atoms with Gasteiger partial charge in [-0.3, -0.25) is 9.59 Å². The number of nitrogens with two attached hydrogens (primary N) is 1. The zero-order valence-corrected chi connectivity index (χ0v) is 14.7. The lowest BCUT2D eigenvalue weighted by atomic mass is 9.98. The Bertz CT molecular complexity index is 907. The van der Waals surface area contributed by atoms with E-state index in [4.69, 9.17) is 10.5 Å². The normalized spacial score (nSPS) is 12.9. The van der Waals surface area contributed by atoms with Gasteiger partial charge in [-0.15, -0.1) is 0 Å². The second-order valence-corrected chi connectivity index (χ2v) is 6.05. The fourth-order valence-electron chi connectivity index (χ4n) is 2.72. The predicted molar refractivity (Wildman–Crippen MR) is 105 cm³/mol. The van der Waals surface area contributed by atoms with Crippen molar-refractivity contribution < 1.29 is 14.3 Å². The summed E-state index contributed by atoms with van der Waals surface area (Å²) in [6.45, 7) is 4.58. The van der Waals surface area contributed by atoms with Gasteiger partial charge in [-0.1, -0.05) is 36.9 Å². The number of ether oxygens (including phenoxy) is 1. The SMILES string of the molecule is C=C1C=NNC(=O)c2cc(NC(=O)CCOCc3ccccc3)cc(N)c21. The maximum absolute atomic E-state index is 12.1. The van der Waals surface area contributed by atoms with Crippen LogP contribution < -0.4 is 16.5 Å².